The average molecular weight is 444 g/mol. The topological polar surface area (TPSA) is 53.1 Å². The van der Waals surface area contributed by atoms with Gasteiger partial charge in [-0.05, 0) is 88.9 Å². The number of morpholine rings is 1. The van der Waals surface area contributed by atoms with Gasteiger partial charge in [0.1, 0.15) is 6.04 Å². The number of hydrogen-bond donors (Lipinski definition) is 0. The standard InChI is InChI=1S/C26H41N3O3/c1-18-17-28(9-10-32-18)22-4-7-27(8-5-22)24(30)23-3-2-6-29(23)25(31)26-14-19-11-20(15-26)13-21(12-19)16-26/h18-23H,2-17H2,1H3/t18-,19?,20?,21?,23-,26?/m1/s1. The van der Waals surface area contributed by atoms with E-state index < -0.39 is 0 Å². The molecule has 2 atom stereocenters. The Hall–Kier alpha value is -1.14. The quantitative estimate of drug-likeness (QED) is 0.673. The minimum atomic E-state index is -0.199. The highest BCUT2D eigenvalue weighted by Crippen LogP contribution is 2.60. The number of piperidine rings is 1. The zero-order valence-electron chi connectivity index (χ0n) is 19.8. The van der Waals surface area contributed by atoms with Crippen molar-refractivity contribution in [3.8, 4) is 0 Å². The maximum Gasteiger partial charge on any atom is 0.245 e. The van der Waals surface area contributed by atoms with Crippen molar-refractivity contribution in [3.63, 3.8) is 0 Å². The molecule has 3 saturated heterocycles. The molecule has 7 fully saturated rings. The van der Waals surface area contributed by atoms with Gasteiger partial charge in [0, 0.05) is 38.8 Å². The van der Waals surface area contributed by atoms with Crippen molar-refractivity contribution in [1.29, 1.82) is 0 Å². The minimum Gasteiger partial charge on any atom is -0.376 e. The summed E-state index contributed by atoms with van der Waals surface area (Å²) < 4.78 is 5.70. The van der Waals surface area contributed by atoms with E-state index in [0.29, 0.717) is 18.1 Å². The molecule has 7 aliphatic rings. The van der Waals surface area contributed by atoms with E-state index in [1.807, 2.05) is 4.90 Å². The van der Waals surface area contributed by atoms with Gasteiger partial charge in [-0.15, -0.1) is 0 Å². The molecule has 0 N–H and O–H groups in total. The molecule has 4 saturated carbocycles. The van der Waals surface area contributed by atoms with Crippen LogP contribution < -0.4 is 0 Å². The van der Waals surface area contributed by atoms with Crippen LogP contribution in [0.5, 0.6) is 0 Å². The highest BCUT2D eigenvalue weighted by molar-refractivity contribution is 5.91. The van der Waals surface area contributed by atoms with Gasteiger partial charge in [-0.2, -0.15) is 0 Å². The van der Waals surface area contributed by atoms with Crippen LogP contribution in [0.25, 0.3) is 0 Å². The van der Waals surface area contributed by atoms with Crippen LogP contribution in [0.1, 0.15) is 71.1 Å². The predicted octanol–water partition coefficient (Wildman–Crippen LogP) is 2.91. The molecule has 0 aromatic carbocycles. The number of ether oxygens (including phenoxy) is 1. The van der Waals surface area contributed by atoms with Gasteiger partial charge in [0.15, 0.2) is 0 Å². The van der Waals surface area contributed by atoms with Crippen molar-refractivity contribution in [1.82, 2.24) is 14.7 Å². The fraction of sp³-hybridized carbons (Fsp3) is 0.923. The van der Waals surface area contributed by atoms with E-state index in [4.69, 9.17) is 4.74 Å². The van der Waals surface area contributed by atoms with Gasteiger partial charge in [0.2, 0.25) is 11.8 Å². The maximum atomic E-state index is 13.9. The van der Waals surface area contributed by atoms with Gasteiger partial charge in [0.05, 0.1) is 18.1 Å². The highest BCUT2D eigenvalue weighted by atomic mass is 16.5. The molecule has 0 aromatic heterocycles. The summed E-state index contributed by atoms with van der Waals surface area (Å²) >= 11 is 0. The van der Waals surface area contributed by atoms with Gasteiger partial charge in [-0.1, -0.05) is 0 Å². The molecule has 2 amide bonds. The van der Waals surface area contributed by atoms with E-state index >= 15 is 0 Å². The Morgan fingerprint density at radius 2 is 1.53 bits per heavy atom. The van der Waals surface area contributed by atoms with Crippen molar-refractivity contribution in [2.45, 2.75) is 89.3 Å². The predicted molar refractivity (Wildman–Crippen MR) is 122 cm³/mol. The number of carbonyl (C=O) groups excluding carboxylic acids is 2. The average Bonchev–Trinajstić information content (AvgIpc) is 3.27. The maximum absolute atomic E-state index is 13.9. The molecule has 32 heavy (non-hydrogen) atoms. The van der Waals surface area contributed by atoms with Crippen molar-refractivity contribution in [2.75, 3.05) is 39.3 Å². The number of amides is 2. The van der Waals surface area contributed by atoms with Crippen molar-refractivity contribution >= 4 is 11.8 Å². The van der Waals surface area contributed by atoms with Crippen molar-refractivity contribution in [2.24, 2.45) is 23.2 Å². The third-order valence-corrected chi connectivity index (χ3v) is 9.86. The summed E-state index contributed by atoms with van der Waals surface area (Å²) in [6.07, 6.45) is 11.6. The Labute approximate surface area is 193 Å². The monoisotopic (exact) mass is 443 g/mol. The van der Waals surface area contributed by atoms with Crippen LogP contribution in [0.4, 0.5) is 0 Å². The lowest BCUT2D eigenvalue weighted by atomic mass is 9.49. The number of hydrogen-bond acceptors (Lipinski definition) is 4. The van der Waals surface area contributed by atoms with Crippen LogP contribution in [0.2, 0.25) is 0 Å². The van der Waals surface area contributed by atoms with Crippen LogP contribution in [0.15, 0.2) is 0 Å². The molecule has 0 spiro atoms. The molecule has 6 nitrogen and oxygen atoms in total. The summed E-state index contributed by atoms with van der Waals surface area (Å²) in [4.78, 5) is 34.2. The van der Waals surface area contributed by atoms with E-state index in [0.717, 1.165) is 102 Å². The first kappa shape index (κ1) is 21.4. The van der Waals surface area contributed by atoms with Crippen LogP contribution in [0.3, 0.4) is 0 Å². The molecule has 0 radical (unpaired) electrons. The van der Waals surface area contributed by atoms with Gasteiger partial charge in [0.25, 0.3) is 0 Å². The molecule has 178 valence electrons. The lowest BCUT2D eigenvalue weighted by molar-refractivity contribution is -0.162. The number of nitrogens with zero attached hydrogens (tertiary/aromatic N) is 3. The fourth-order valence-corrected chi connectivity index (χ4v) is 8.78. The SMILES string of the molecule is C[C@@H]1CN(C2CCN(C(=O)[C@H]3CCCN3C(=O)C34CC5CC(CC(C5)C3)C4)CC2)CCO1. The van der Waals surface area contributed by atoms with Crippen LogP contribution in [-0.4, -0.2) is 84.0 Å². The summed E-state index contributed by atoms with van der Waals surface area (Å²) in [6.45, 7) is 7.47. The molecule has 4 aliphatic carbocycles. The first-order valence-electron chi connectivity index (χ1n) is 13.5. The molecule has 0 aromatic rings. The van der Waals surface area contributed by atoms with E-state index in [9.17, 15) is 9.59 Å². The second-order valence-corrected chi connectivity index (χ2v) is 12.1. The Morgan fingerprint density at radius 1 is 0.875 bits per heavy atom. The second-order valence-electron chi connectivity index (χ2n) is 12.1. The third-order valence-electron chi connectivity index (χ3n) is 9.86. The zero-order chi connectivity index (χ0) is 21.9. The molecule has 3 heterocycles. The Kier molecular flexibility index (Phi) is 5.53. The van der Waals surface area contributed by atoms with E-state index in [1.165, 1.54) is 19.3 Å². The molecule has 3 aliphatic heterocycles. The smallest absolute Gasteiger partial charge is 0.245 e. The van der Waals surface area contributed by atoms with Crippen LogP contribution in [0, 0.1) is 23.2 Å². The zero-order valence-corrected chi connectivity index (χ0v) is 19.8. The number of carbonyl (C=O) groups is 2. The first-order chi connectivity index (χ1) is 15.5. The summed E-state index contributed by atoms with van der Waals surface area (Å²) in [5.41, 5.74) is -0.127. The Balaban J connectivity index is 1.09. The second kappa shape index (κ2) is 8.26. The molecule has 6 heteroatoms. The lowest BCUT2D eigenvalue weighted by Gasteiger charge is -2.56. The van der Waals surface area contributed by atoms with Gasteiger partial charge in [-0.3, -0.25) is 14.5 Å². The largest absolute Gasteiger partial charge is 0.376 e. The first-order valence-corrected chi connectivity index (χ1v) is 13.5. The van der Waals surface area contributed by atoms with E-state index in [-0.39, 0.29) is 17.4 Å². The van der Waals surface area contributed by atoms with Gasteiger partial charge >= 0.3 is 0 Å². The molecule has 4 bridgehead atoms. The fourth-order valence-electron chi connectivity index (χ4n) is 8.78. The van der Waals surface area contributed by atoms with Crippen molar-refractivity contribution in [3.05, 3.63) is 0 Å². The van der Waals surface area contributed by atoms with E-state index in [1.54, 1.807) is 0 Å². The third kappa shape index (κ3) is 3.70. The van der Waals surface area contributed by atoms with E-state index in [2.05, 4.69) is 16.7 Å². The summed E-state index contributed by atoms with van der Waals surface area (Å²) in [7, 11) is 0. The molecular formula is C26H41N3O3. The normalized spacial score (nSPS) is 42.6. The van der Waals surface area contributed by atoms with Gasteiger partial charge in [-0.25, -0.2) is 0 Å². The molecule has 0 unspecified atom stereocenters. The lowest BCUT2D eigenvalue weighted by Crippen LogP contribution is -2.58. The Morgan fingerprint density at radius 3 is 2.16 bits per heavy atom. The summed E-state index contributed by atoms with van der Waals surface area (Å²) in [6, 6.07) is 0.370. The highest BCUT2D eigenvalue weighted by Gasteiger charge is 2.57. The van der Waals surface area contributed by atoms with Crippen LogP contribution >= 0.6 is 0 Å². The summed E-state index contributed by atoms with van der Waals surface area (Å²) in [5, 5.41) is 0. The van der Waals surface area contributed by atoms with Crippen LogP contribution in [-0.2, 0) is 14.3 Å². The summed E-state index contributed by atoms with van der Waals surface area (Å²) in [5.74, 6) is 2.88. The number of rotatable bonds is 3. The van der Waals surface area contributed by atoms with Crippen molar-refractivity contribution < 1.29 is 14.3 Å². The van der Waals surface area contributed by atoms with Gasteiger partial charge < -0.3 is 14.5 Å². The molecular weight excluding hydrogens is 402 g/mol. The number of likely N-dealkylation sites (tertiary alicyclic amines) is 2. The minimum absolute atomic E-state index is 0.127. The molecule has 7 rings (SSSR count). The Bertz CT molecular complexity index is 711.